The van der Waals surface area contributed by atoms with E-state index in [0.29, 0.717) is 19.7 Å². The fourth-order valence-corrected chi connectivity index (χ4v) is 3.45. The van der Waals surface area contributed by atoms with Crippen LogP contribution >= 0.6 is 11.3 Å². The van der Waals surface area contributed by atoms with Crippen LogP contribution in [0.2, 0.25) is 0 Å². The number of aliphatic hydroxyl groups excluding tert-OH is 1. The molecule has 118 valence electrons. The topological polar surface area (TPSA) is 32.7 Å². The van der Waals surface area contributed by atoms with E-state index in [-0.39, 0.29) is 18.2 Å². The Bertz CT molecular complexity index is 600. The van der Waals surface area contributed by atoms with Gasteiger partial charge in [-0.15, -0.1) is 11.3 Å². The Balaban J connectivity index is 1.67. The van der Waals surface area contributed by atoms with Crippen molar-refractivity contribution in [2.75, 3.05) is 26.2 Å². The van der Waals surface area contributed by atoms with Crippen LogP contribution in [0.1, 0.15) is 22.6 Å². The highest BCUT2D eigenvalue weighted by atomic mass is 32.1. The van der Waals surface area contributed by atoms with Crippen molar-refractivity contribution in [2.24, 2.45) is 0 Å². The standard InChI is InChI=1S/C16H17F2NO2S/c17-11-3-1-4-12(18)16(11)13(20)9-19-6-7-21-14(10-19)15-5-2-8-22-15/h1-5,8,13-14,20H,6-7,9-10H2. The molecule has 2 atom stereocenters. The van der Waals surface area contributed by atoms with Crippen molar-refractivity contribution in [3.63, 3.8) is 0 Å². The fraction of sp³-hybridized carbons (Fsp3) is 0.375. The summed E-state index contributed by atoms with van der Waals surface area (Å²) in [4.78, 5) is 3.10. The van der Waals surface area contributed by atoms with Gasteiger partial charge < -0.3 is 9.84 Å². The maximum Gasteiger partial charge on any atom is 0.131 e. The van der Waals surface area contributed by atoms with Gasteiger partial charge in [0.2, 0.25) is 0 Å². The van der Waals surface area contributed by atoms with Gasteiger partial charge in [0, 0.05) is 24.5 Å². The first-order chi connectivity index (χ1) is 10.6. The van der Waals surface area contributed by atoms with E-state index in [1.807, 2.05) is 22.4 Å². The molecule has 3 nitrogen and oxygen atoms in total. The minimum absolute atomic E-state index is 0.0496. The summed E-state index contributed by atoms with van der Waals surface area (Å²) >= 11 is 1.62. The summed E-state index contributed by atoms with van der Waals surface area (Å²) in [7, 11) is 0. The number of ether oxygens (including phenoxy) is 1. The van der Waals surface area contributed by atoms with Gasteiger partial charge in [0.1, 0.15) is 17.7 Å². The fourth-order valence-electron chi connectivity index (χ4n) is 2.68. The molecule has 2 unspecified atom stereocenters. The number of halogens is 2. The molecule has 2 aromatic rings. The zero-order chi connectivity index (χ0) is 15.5. The van der Waals surface area contributed by atoms with E-state index in [0.717, 1.165) is 17.0 Å². The Morgan fingerprint density at radius 3 is 2.73 bits per heavy atom. The summed E-state index contributed by atoms with van der Waals surface area (Å²) in [5.74, 6) is -1.42. The lowest BCUT2D eigenvalue weighted by molar-refractivity contribution is -0.0413. The molecule has 22 heavy (non-hydrogen) atoms. The van der Waals surface area contributed by atoms with E-state index in [9.17, 15) is 13.9 Å². The van der Waals surface area contributed by atoms with Gasteiger partial charge in [0.25, 0.3) is 0 Å². The van der Waals surface area contributed by atoms with Crippen LogP contribution in [0.25, 0.3) is 0 Å². The minimum Gasteiger partial charge on any atom is -0.387 e. The van der Waals surface area contributed by atoms with Gasteiger partial charge in [-0.05, 0) is 23.6 Å². The Labute approximate surface area is 131 Å². The third-order valence-corrected chi connectivity index (χ3v) is 4.74. The lowest BCUT2D eigenvalue weighted by Crippen LogP contribution is -2.40. The molecule has 1 fully saturated rings. The van der Waals surface area contributed by atoms with Crippen molar-refractivity contribution in [2.45, 2.75) is 12.2 Å². The molecule has 1 N–H and O–H groups in total. The second kappa shape index (κ2) is 6.83. The average Bonchev–Trinajstić information content (AvgIpc) is 3.01. The number of aliphatic hydroxyl groups is 1. The molecule has 1 saturated heterocycles. The second-order valence-corrected chi connectivity index (χ2v) is 6.26. The maximum atomic E-state index is 13.7. The first-order valence-electron chi connectivity index (χ1n) is 7.14. The van der Waals surface area contributed by atoms with Crippen molar-refractivity contribution in [3.05, 3.63) is 57.8 Å². The molecular weight excluding hydrogens is 308 g/mol. The molecule has 1 aliphatic heterocycles. The Kier molecular flexibility index (Phi) is 4.83. The first kappa shape index (κ1) is 15.6. The monoisotopic (exact) mass is 325 g/mol. The third kappa shape index (κ3) is 3.35. The zero-order valence-electron chi connectivity index (χ0n) is 11.9. The summed E-state index contributed by atoms with van der Waals surface area (Å²) in [6, 6.07) is 7.59. The van der Waals surface area contributed by atoms with E-state index >= 15 is 0 Å². The Morgan fingerprint density at radius 1 is 1.27 bits per heavy atom. The summed E-state index contributed by atoms with van der Waals surface area (Å²) in [6.07, 6.45) is -1.24. The normalized spacial score (nSPS) is 21.0. The lowest BCUT2D eigenvalue weighted by Gasteiger charge is -2.33. The zero-order valence-corrected chi connectivity index (χ0v) is 12.7. The third-order valence-electron chi connectivity index (χ3n) is 3.78. The van der Waals surface area contributed by atoms with Crippen molar-refractivity contribution in [1.82, 2.24) is 4.90 Å². The molecule has 0 amide bonds. The van der Waals surface area contributed by atoms with Crippen LogP contribution in [0, 0.1) is 11.6 Å². The number of morpholine rings is 1. The van der Waals surface area contributed by atoms with Crippen molar-refractivity contribution >= 4 is 11.3 Å². The average molecular weight is 325 g/mol. The van der Waals surface area contributed by atoms with Gasteiger partial charge in [-0.2, -0.15) is 0 Å². The molecule has 1 aromatic carbocycles. The van der Waals surface area contributed by atoms with Crippen LogP contribution in [0.15, 0.2) is 35.7 Å². The van der Waals surface area contributed by atoms with E-state index in [2.05, 4.69) is 0 Å². The van der Waals surface area contributed by atoms with Crippen LogP contribution < -0.4 is 0 Å². The van der Waals surface area contributed by atoms with Gasteiger partial charge in [-0.1, -0.05) is 12.1 Å². The van der Waals surface area contributed by atoms with Crippen LogP contribution in [-0.4, -0.2) is 36.2 Å². The highest BCUT2D eigenvalue weighted by Crippen LogP contribution is 2.28. The van der Waals surface area contributed by atoms with Crippen molar-refractivity contribution in [3.8, 4) is 0 Å². The molecule has 0 spiro atoms. The molecule has 1 aliphatic rings. The van der Waals surface area contributed by atoms with E-state index in [1.165, 1.54) is 6.07 Å². The molecule has 2 heterocycles. The van der Waals surface area contributed by atoms with Crippen molar-refractivity contribution < 1.29 is 18.6 Å². The largest absolute Gasteiger partial charge is 0.387 e. The van der Waals surface area contributed by atoms with Crippen LogP contribution in [0.3, 0.4) is 0 Å². The Hall–Kier alpha value is -1.34. The van der Waals surface area contributed by atoms with Crippen LogP contribution in [0.4, 0.5) is 8.78 Å². The molecule has 0 radical (unpaired) electrons. The van der Waals surface area contributed by atoms with Crippen molar-refractivity contribution in [1.29, 1.82) is 0 Å². The SMILES string of the molecule is OC(CN1CCOC(c2cccs2)C1)c1c(F)cccc1F. The summed E-state index contributed by atoms with van der Waals surface area (Å²) in [5, 5.41) is 12.2. The molecule has 0 aliphatic carbocycles. The summed E-state index contributed by atoms with van der Waals surface area (Å²) in [5.41, 5.74) is -0.262. The van der Waals surface area contributed by atoms with E-state index in [4.69, 9.17) is 4.74 Å². The Morgan fingerprint density at radius 2 is 2.05 bits per heavy atom. The quantitative estimate of drug-likeness (QED) is 0.937. The molecule has 3 rings (SSSR count). The molecule has 0 bridgehead atoms. The lowest BCUT2D eigenvalue weighted by atomic mass is 10.1. The highest BCUT2D eigenvalue weighted by Gasteiger charge is 2.26. The van der Waals surface area contributed by atoms with Gasteiger partial charge in [0.15, 0.2) is 0 Å². The van der Waals surface area contributed by atoms with Crippen LogP contribution in [0.5, 0.6) is 0 Å². The maximum absolute atomic E-state index is 13.7. The predicted octanol–water partition coefficient (Wildman–Crippen LogP) is 3.13. The predicted molar refractivity (Wildman–Crippen MR) is 80.8 cm³/mol. The second-order valence-electron chi connectivity index (χ2n) is 5.29. The smallest absolute Gasteiger partial charge is 0.131 e. The first-order valence-corrected chi connectivity index (χ1v) is 8.02. The number of rotatable bonds is 4. The van der Waals surface area contributed by atoms with Gasteiger partial charge in [-0.25, -0.2) is 8.78 Å². The van der Waals surface area contributed by atoms with Gasteiger partial charge in [0.05, 0.1) is 18.3 Å². The minimum atomic E-state index is -1.19. The van der Waals surface area contributed by atoms with E-state index in [1.54, 1.807) is 11.3 Å². The number of hydrogen-bond donors (Lipinski definition) is 1. The van der Waals surface area contributed by atoms with Crippen LogP contribution in [-0.2, 0) is 4.74 Å². The number of hydrogen-bond acceptors (Lipinski definition) is 4. The molecule has 6 heteroatoms. The number of nitrogens with zero attached hydrogens (tertiary/aromatic N) is 1. The van der Waals surface area contributed by atoms with Gasteiger partial charge >= 0.3 is 0 Å². The number of thiophene rings is 1. The molecule has 0 saturated carbocycles. The van der Waals surface area contributed by atoms with Gasteiger partial charge in [-0.3, -0.25) is 4.90 Å². The number of benzene rings is 1. The van der Waals surface area contributed by atoms with E-state index < -0.39 is 17.7 Å². The summed E-state index contributed by atoms with van der Waals surface area (Å²) in [6.45, 7) is 1.96. The summed E-state index contributed by atoms with van der Waals surface area (Å²) < 4.78 is 33.2. The molecule has 1 aromatic heterocycles. The number of β-amino-alcohol motifs (C(OH)–C–C–N with tert-alkyl or cyclic N) is 1. The highest BCUT2D eigenvalue weighted by molar-refractivity contribution is 7.10. The molecular formula is C16H17F2NO2S.